The molecule has 1 atom stereocenters. The zero-order valence-electron chi connectivity index (χ0n) is 16.0. The van der Waals surface area contributed by atoms with Gasteiger partial charge in [-0.15, -0.1) is 0 Å². The summed E-state index contributed by atoms with van der Waals surface area (Å²) in [6.07, 6.45) is 5.60. The Morgan fingerprint density at radius 1 is 1.10 bits per heavy atom. The average Bonchev–Trinajstić information content (AvgIpc) is 3.41. The number of nitrogens with one attached hydrogen (secondary N) is 1. The molecule has 4 heterocycles. The molecule has 0 spiro atoms. The van der Waals surface area contributed by atoms with Gasteiger partial charge in [-0.3, -0.25) is 0 Å². The molecule has 2 amide bonds. The Morgan fingerprint density at radius 3 is 2.63 bits per heavy atom. The summed E-state index contributed by atoms with van der Waals surface area (Å²) in [6, 6.07) is 4.42. The van der Waals surface area contributed by atoms with E-state index in [1.807, 2.05) is 17.2 Å². The van der Waals surface area contributed by atoms with E-state index in [0.29, 0.717) is 44.1 Å². The van der Waals surface area contributed by atoms with Crippen LogP contribution in [-0.4, -0.2) is 63.3 Å². The fourth-order valence-electron chi connectivity index (χ4n) is 3.87. The zero-order chi connectivity index (χ0) is 20.7. The molecular formula is C20H19F2N7O. The molecule has 8 nitrogen and oxygen atoms in total. The second kappa shape index (κ2) is 7.36. The van der Waals surface area contributed by atoms with Gasteiger partial charge >= 0.3 is 6.03 Å². The highest BCUT2D eigenvalue weighted by Gasteiger charge is 2.33. The van der Waals surface area contributed by atoms with Crippen molar-refractivity contribution in [2.75, 3.05) is 31.1 Å². The molecule has 10 heteroatoms. The number of benzene rings is 1. The van der Waals surface area contributed by atoms with Gasteiger partial charge in [0.15, 0.2) is 0 Å². The Hall–Kier alpha value is -3.56. The number of amides is 2. The van der Waals surface area contributed by atoms with E-state index in [-0.39, 0.29) is 6.03 Å². The maximum atomic E-state index is 13.6. The van der Waals surface area contributed by atoms with Crippen LogP contribution in [0.25, 0.3) is 11.0 Å². The minimum absolute atomic E-state index is 0.279. The molecule has 0 radical (unpaired) electrons. The van der Waals surface area contributed by atoms with Crippen LogP contribution in [0.5, 0.6) is 0 Å². The lowest BCUT2D eigenvalue weighted by atomic mass is 10.0. The number of hydrogen-bond donors (Lipinski definition) is 1. The van der Waals surface area contributed by atoms with Gasteiger partial charge in [-0.25, -0.2) is 23.6 Å². The number of aromatic amines is 1. The fourth-order valence-corrected chi connectivity index (χ4v) is 3.87. The monoisotopic (exact) mass is 411 g/mol. The zero-order valence-corrected chi connectivity index (χ0v) is 16.0. The van der Waals surface area contributed by atoms with Crippen LogP contribution in [0.1, 0.15) is 18.0 Å². The minimum Gasteiger partial charge on any atom is -0.346 e. The molecule has 2 aliphatic heterocycles. The number of fused-ring (bicyclic) bond motifs is 1. The lowest BCUT2D eigenvalue weighted by Crippen LogP contribution is -2.52. The number of aromatic nitrogens is 3. The van der Waals surface area contributed by atoms with Crippen LogP contribution in [-0.2, 0) is 0 Å². The standard InChI is InChI=1S/C20H19F2N7O/c21-15-9-14(10-16(22)11-15)17-2-4-25-29(17)20(30)28-7-5-27(6-8-28)19-24-12-13-1-3-23-18(13)26-19/h1,3-4,9-12,17H,2,5-8H2,(H,23,24,26)/t17-/m0/s1. The predicted octanol–water partition coefficient (Wildman–Crippen LogP) is 2.91. The largest absolute Gasteiger partial charge is 0.346 e. The third-order valence-electron chi connectivity index (χ3n) is 5.42. The summed E-state index contributed by atoms with van der Waals surface area (Å²) in [5, 5.41) is 6.42. The normalized spacial score (nSPS) is 19.1. The molecule has 154 valence electrons. The molecule has 30 heavy (non-hydrogen) atoms. The van der Waals surface area contributed by atoms with Gasteiger partial charge in [0.2, 0.25) is 5.95 Å². The highest BCUT2D eigenvalue weighted by Crippen LogP contribution is 2.30. The first kappa shape index (κ1) is 18.5. The summed E-state index contributed by atoms with van der Waals surface area (Å²) in [5.74, 6) is -0.724. The van der Waals surface area contributed by atoms with Crippen LogP contribution < -0.4 is 4.90 Å². The number of H-pyrrole nitrogens is 1. The van der Waals surface area contributed by atoms with Crippen molar-refractivity contribution in [3.63, 3.8) is 0 Å². The second-order valence-electron chi connectivity index (χ2n) is 7.31. The van der Waals surface area contributed by atoms with Crippen LogP contribution in [0.15, 0.2) is 41.8 Å². The van der Waals surface area contributed by atoms with Crippen LogP contribution >= 0.6 is 0 Å². The third kappa shape index (κ3) is 3.34. The number of halogens is 2. The van der Waals surface area contributed by atoms with E-state index in [0.717, 1.165) is 17.1 Å². The Kier molecular flexibility index (Phi) is 4.53. The molecule has 1 saturated heterocycles. The summed E-state index contributed by atoms with van der Waals surface area (Å²) in [6.45, 7) is 2.10. The number of rotatable bonds is 2. The molecule has 1 aromatic carbocycles. The molecule has 5 rings (SSSR count). The Bertz CT molecular complexity index is 1100. The number of hydrazone groups is 1. The highest BCUT2D eigenvalue weighted by molar-refractivity contribution is 5.79. The van der Waals surface area contributed by atoms with Crippen molar-refractivity contribution in [2.24, 2.45) is 5.10 Å². The molecule has 0 saturated carbocycles. The smallest absolute Gasteiger partial charge is 0.341 e. The maximum absolute atomic E-state index is 13.6. The van der Waals surface area contributed by atoms with Gasteiger partial charge in [0.25, 0.3) is 0 Å². The lowest BCUT2D eigenvalue weighted by Gasteiger charge is -2.37. The van der Waals surface area contributed by atoms with E-state index in [1.165, 1.54) is 17.1 Å². The van der Waals surface area contributed by atoms with Gasteiger partial charge < -0.3 is 14.8 Å². The Morgan fingerprint density at radius 2 is 1.87 bits per heavy atom. The molecule has 2 aliphatic rings. The van der Waals surface area contributed by atoms with E-state index in [2.05, 4.69) is 20.1 Å². The first-order valence-electron chi connectivity index (χ1n) is 9.70. The predicted molar refractivity (Wildman–Crippen MR) is 107 cm³/mol. The summed E-state index contributed by atoms with van der Waals surface area (Å²) in [5.41, 5.74) is 1.17. The number of nitrogens with zero attached hydrogens (tertiary/aromatic N) is 6. The van der Waals surface area contributed by atoms with Crippen molar-refractivity contribution in [1.29, 1.82) is 0 Å². The van der Waals surface area contributed by atoms with Crippen LogP contribution in [0.3, 0.4) is 0 Å². The van der Waals surface area contributed by atoms with Crippen molar-refractivity contribution in [3.8, 4) is 0 Å². The van der Waals surface area contributed by atoms with Gasteiger partial charge in [-0.1, -0.05) is 0 Å². The highest BCUT2D eigenvalue weighted by atomic mass is 19.1. The number of carbonyl (C=O) groups excluding carboxylic acids is 1. The first-order valence-corrected chi connectivity index (χ1v) is 9.70. The fraction of sp³-hybridized carbons (Fsp3) is 0.300. The molecule has 0 bridgehead atoms. The van der Waals surface area contributed by atoms with Gasteiger partial charge in [0.05, 0.1) is 6.04 Å². The minimum atomic E-state index is -0.669. The summed E-state index contributed by atoms with van der Waals surface area (Å²) >= 11 is 0. The molecule has 1 fully saturated rings. The Balaban J connectivity index is 1.27. The van der Waals surface area contributed by atoms with Crippen molar-refractivity contribution < 1.29 is 13.6 Å². The summed E-state index contributed by atoms with van der Waals surface area (Å²) in [4.78, 5) is 28.8. The van der Waals surface area contributed by atoms with Crippen molar-refractivity contribution in [2.45, 2.75) is 12.5 Å². The van der Waals surface area contributed by atoms with E-state index >= 15 is 0 Å². The molecule has 0 unspecified atom stereocenters. The molecule has 3 aromatic rings. The molecule has 1 N–H and O–H groups in total. The van der Waals surface area contributed by atoms with E-state index in [4.69, 9.17) is 0 Å². The average molecular weight is 411 g/mol. The van der Waals surface area contributed by atoms with Crippen LogP contribution in [0.4, 0.5) is 19.5 Å². The van der Waals surface area contributed by atoms with Crippen LogP contribution in [0, 0.1) is 11.6 Å². The quantitative estimate of drug-likeness (QED) is 0.703. The van der Waals surface area contributed by atoms with Crippen molar-refractivity contribution in [3.05, 3.63) is 53.9 Å². The molecule has 2 aromatic heterocycles. The van der Waals surface area contributed by atoms with Crippen molar-refractivity contribution >= 4 is 29.2 Å². The van der Waals surface area contributed by atoms with E-state index in [9.17, 15) is 13.6 Å². The molecule has 0 aliphatic carbocycles. The van der Waals surface area contributed by atoms with Gasteiger partial charge in [-0.2, -0.15) is 10.1 Å². The lowest BCUT2D eigenvalue weighted by molar-refractivity contribution is 0.139. The van der Waals surface area contributed by atoms with E-state index < -0.39 is 17.7 Å². The number of anilines is 1. The Labute approximate surface area is 170 Å². The van der Waals surface area contributed by atoms with Gasteiger partial charge in [-0.05, 0) is 23.8 Å². The van der Waals surface area contributed by atoms with Crippen LogP contribution in [0.2, 0.25) is 0 Å². The number of hydrogen-bond acceptors (Lipinski definition) is 5. The molecular weight excluding hydrogens is 392 g/mol. The number of piperazine rings is 1. The summed E-state index contributed by atoms with van der Waals surface area (Å²) < 4.78 is 27.3. The number of urea groups is 1. The maximum Gasteiger partial charge on any atom is 0.341 e. The van der Waals surface area contributed by atoms with Gasteiger partial charge in [0, 0.05) is 62.7 Å². The topological polar surface area (TPSA) is 80.7 Å². The van der Waals surface area contributed by atoms with Gasteiger partial charge in [0.1, 0.15) is 17.3 Å². The SMILES string of the molecule is O=C(N1CCN(c2ncc3cc[nH]c3n2)CC1)N1N=CC[C@H]1c1cc(F)cc(F)c1. The second-order valence-corrected chi connectivity index (χ2v) is 7.31. The summed E-state index contributed by atoms with van der Waals surface area (Å²) in [7, 11) is 0. The number of carbonyl (C=O) groups is 1. The third-order valence-corrected chi connectivity index (χ3v) is 5.42. The van der Waals surface area contributed by atoms with E-state index in [1.54, 1.807) is 17.3 Å². The first-order chi connectivity index (χ1) is 14.6. The van der Waals surface area contributed by atoms with Crippen molar-refractivity contribution in [1.82, 2.24) is 24.9 Å².